The molecule has 0 spiro atoms. The first-order valence-electron chi connectivity index (χ1n) is 8.66. The zero-order valence-corrected chi connectivity index (χ0v) is 15.8. The molecule has 0 saturated heterocycles. The number of pyridine rings is 1. The van der Waals surface area contributed by atoms with Gasteiger partial charge in [-0.15, -0.1) is 0 Å². The van der Waals surface area contributed by atoms with Gasteiger partial charge in [-0.3, -0.25) is 9.78 Å². The summed E-state index contributed by atoms with van der Waals surface area (Å²) in [6.07, 6.45) is -0.635. The van der Waals surface area contributed by atoms with E-state index in [0.717, 1.165) is 41.3 Å². The molecule has 0 N–H and O–H groups in total. The maximum atomic E-state index is 14.1. The molecule has 1 amide bonds. The van der Waals surface area contributed by atoms with E-state index in [2.05, 4.69) is 9.98 Å². The van der Waals surface area contributed by atoms with E-state index in [1.807, 2.05) is 11.5 Å². The highest BCUT2D eigenvalue weighted by Gasteiger charge is 2.28. The number of halogens is 4. The van der Waals surface area contributed by atoms with Gasteiger partial charge >= 0.3 is 6.18 Å². The van der Waals surface area contributed by atoms with Crippen molar-refractivity contribution in [3.8, 4) is 0 Å². The maximum absolute atomic E-state index is 14.1. The number of aromatic nitrogens is 2. The van der Waals surface area contributed by atoms with Crippen molar-refractivity contribution in [2.45, 2.75) is 38.9 Å². The van der Waals surface area contributed by atoms with E-state index in [-0.39, 0.29) is 5.56 Å². The number of carbonyl (C=O) groups is 1. The first kappa shape index (κ1) is 20.2. The average Bonchev–Trinajstić information content (AvgIpc) is 2.97. The quantitative estimate of drug-likeness (QED) is 0.562. The number of hydrogen-bond donors (Lipinski definition) is 0. The summed E-state index contributed by atoms with van der Waals surface area (Å²) in [4.78, 5) is 21.0. The van der Waals surface area contributed by atoms with Gasteiger partial charge in [0.2, 0.25) is 0 Å². The first-order chi connectivity index (χ1) is 13.3. The van der Waals surface area contributed by atoms with Crippen molar-refractivity contribution in [1.29, 1.82) is 0 Å². The van der Waals surface area contributed by atoms with Gasteiger partial charge in [0, 0.05) is 12.7 Å². The van der Waals surface area contributed by atoms with Crippen LogP contribution < -0.4 is 4.80 Å². The minimum absolute atomic E-state index is 0.188. The summed E-state index contributed by atoms with van der Waals surface area (Å²) in [6, 6.07) is 4.59. The van der Waals surface area contributed by atoms with E-state index < -0.39 is 29.9 Å². The number of rotatable bonds is 5. The minimum atomic E-state index is -4.45. The average molecular weight is 411 g/mol. The van der Waals surface area contributed by atoms with Crippen molar-refractivity contribution in [1.82, 2.24) is 9.55 Å². The van der Waals surface area contributed by atoms with E-state index in [1.54, 1.807) is 18.5 Å². The number of unbranched alkanes of at least 4 members (excludes halogenated alkanes) is 1. The molecule has 28 heavy (non-hydrogen) atoms. The maximum Gasteiger partial charge on any atom is 0.393 e. The summed E-state index contributed by atoms with van der Waals surface area (Å²) in [5, 5.41) is 0. The van der Waals surface area contributed by atoms with Crippen LogP contribution in [0.15, 0.2) is 41.7 Å². The smallest absolute Gasteiger partial charge is 0.315 e. The second kappa shape index (κ2) is 8.22. The molecule has 0 aliphatic carbocycles. The molecular formula is C19H17F4N3OS. The summed E-state index contributed by atoms with van der Waals surface area (Å²) >= 11 is 1.25. The van der Waals surface area contributed by atoms with E-state index >= 15 is 0 Å². The molecule has 0 fully saturated rings. The van der Waals surface area contributed by atoms with Crippen LogP contribution in [0.4, 0.5) is 17.6 Å². The van der Waals surface area contributed by atoms with Gasteiger partial charge in [-0.1, -0.05) is 30.7 Å². The molecule has 3 aromatic rings. The lowest BCUT2D eigenvalue weighted by molar-refractivity contribution is -0.127. The molecule has 4 nitrogen and oxygen atoms in total. The monoisotopic (exact) mass is 411 g/mol. The Hall–Kier alpha value is -2.55. The standard InChI is InChI=1S/C19H17F4N3OS/c1-2-3-8-26-15-11-24-7-6-16(15)28-18(26)25-17(27)13-9-12(4-5-14(13)20)10-19(21,22)23/h4-7,9,11H,2-3,8,10H2,1H3. The van der Waals surface area contributed by atoms with Gasteiger partial charge < -0.3 is 4.57 Å². The molecule has 2 aromatic heterocycles. The highest BCUT2D eigenvalue weighted by molar-refractivity contribution is 7.16. The number of alkyl halides is 3. The highest BCUT2D eigenvalue weighted by Crippen LogP contribution is 2.23. The lowest BCUT2D eigenvalue weighted by Crippen LogP contribution is -2.18. The Balaban J connectivity index is 2.04. The van der Waals surface area contributed by atoms with Crippen molar-refractivity contribution < 1.29 is 22.4 Å². The van der Waals surface area contributed by atoms with Crippen molar-refractivity contribution in [3.05, 3.63) is 58.4 Å². The second-order valence-corrected chi connectivity index (χ2v) is 7.27. The highest BCUT2D eigenvalue weighted by atomic mass is 32.1. The summed E-state index contributed by atoms with van der Waals surface area (Å²) in [6.45, 7) is 2.63. The Morgan fingerprint density at radius 1 is 1.29 bits per heavy atom. The molecule has 1 aromatic carbocycles. The second-order valence-electron chi connectivity index (χ2n) is 6.26. The molecule has 0 bridgehead atoms. The van der Waals surface area contributed by atoms with Crippen molar-refractivity contribution in [2.24, 2.45) is 4.99 Å². The van der Waals surface area contributed by atoms with Crippen LogP contribution in [0.25, 0.3) is 10.2 Å². The van der Waals surface area contributed by atoms with E-state index in [0.29, 0.717) is 11.3 Å². The molecule has 0 aliphatic rings. The Morgan fingerprint density at radius 2 is 2.07 bits per heavy atom. The Kier molecular flexibility index (Phi) is 5.93. The van der Waals surface area contributed by atoms with Gasteiger partial charge in [-0.25, -0.2) is 4.39 Å². The SMILES string of the molecule is CCCCn1c(=NC(=O)c2cc(CC(F)(F)F)ccc2F)sc2ccncc21. The Bertz CT molecular complexity index is 1070. The van der Waals surface area contributed by atoms with Crippen LogP contribution in [0, 0.1) is 5.82 Å². The normalized spacial score (nSPS) is 12.7. The van der Waals surface area contributed by atoms with Gasteiger partial charge in [0.15, 0.2) is 4.80 Å². The minimum Gasteiger partial charge on any atom is -0.315 e. The topological polar surface area (TPSA) is 47.2 Å². The molecule has 0 radical (unpaired) electrons. The van der Waals surface area contributed by atoms with Crippen molar-refractivity contribution in [2.75, 3.05) is 0 Å². The number of hydrogen-bond acceptors (Lipinski definition) is 3. The third kappa shape index (κ3) is 4.64. The largest absolute Gasteiger partial charge is 0.393 e. The zero-order chi connectivity index (χ0) is 20.3. The number of nitrogens with zero attached hydrogens (tertiary/aromatic N) is 3. The Labute approximate surface area is 162 Å². The van der Waals surface area contributed by atoms with Crippen LogP contribution in [0.5, 0.6) is 0 Å². The predicted octanol–water partition coefficient (Wildman–Crippen LogP) is 4.88. The van der Waals surface area contributed by atoms with Crippen LogP contribution in [0.2, 0.25) is 0 Å². The predicted molar refractivity (Wildman–Crippen MR) is 98.6 cm³/mol. The van der Waals surface area contributed by atoms with E-state index in [1.165, 1.54) is 11.3 Å². The first-order valence-corrected chi connectivity index (χ1v) is 9.47. The van der Waals surface area contributed by atoms with Crippen LogP contribution in [-0.2, 0) is 13.0 Å². The molecule has 9 heteroatoms. The van der Waals surface area contributed by atoms with Gasteiger partial charge in [-0.05, 0) is 30.2 Å². The number of thiazole rings is 1. The van der Waals surface area contributed by atoms with Crippen LogP contribution >= 0.6 is 11.3 Å². The van der Waals surface area contributed by atoms with Crippen LogP contribution in [0.3, 0.4) is 0 Å². The van der Waals surface area contributed by atoms with Gasteiger partial charge in [-0.2, -0.15) is 18.2 Å². The molecule has 2 heterocycles. The molecule has 0 atom stereocenters. The molecular weight excluding hydrogens is 394 g/mol. The summed E-state index contributed by atoms with van der Waals surface area (Å²) < 4.78 is 54.6. The van der Waals surface area contributed by atoms with Gasteiger partial charge in [0.1, 0.15) is 5.82 Å². The lowest BCUT2D eigenvalue weighted by Gasteiger charge is -2.08. The van der Waals surface area contributed by atoms with Crippen molar-refractivity contribution in [3.63, 3.8) is 0 Å². The molecule has 3 rings (SSSR count). The zero-order valence-electron chi connectivity index (χ0n) is 15.0. The number of benzene rings is 1. The van der Waals surface area contributed by atoms with Gasteiger partial charge in [0.25, 0.3) is 5.91 Å². The number of carbonyl (C=O) groups excluding carboxylic acids is 1. The van der Waals surface area contributed by atoms with Crippen LogP contribution in [-0.4, -0.2) is 21.6 Å². The summed E-state index contributed by atoms with van der Waals surface area (Å²) in [7, 11) is 0. The lowest BCUT2D eigenvalue weighted by atomic mass is 10.1. The summed E-state index contributed by atoms with van der Waals surface area (Å²) in [5.41, 5.74) is 0.144. The van der Waals surface area contributed by atoms with E-state index in [4.69, 9.17) is 0 Å². The number of aryl methyl sites for hydroxylation is 1. The number of amides is 1. The fourth-order valence-electron chi connectivity index (χ4n) is 2.76. The van der Waals surface area contributed by atoms with E-state index in [9.17, 15) is 22.4 Å². The Morgan fingerprint density at radius 3 is 2.79 bits per heavy atom. The number of fused-ring (bicyclic) bond motifs is 1. The fourth-order valence-corrected chi connectivity index (χ4v) is 3.78. The van der Waals surface area contributed by atoms with Crippen molar-refractivity contribution >= 4 is 27.5 Å². The van der Waals surface area contributed by atoms with Crippen LogP contribution in [0.1, 0.15) is 35.7 Å². The molecule has 148 valence electrons. The molecule has 0 aliphatic heterocycles. The van der Waals surface area contributed by atoms with Gasteiger partial charge in [0.05, 0.1) is 28.4 Å². The summed E-state index contributed by atoms with van der Waals surface area (Å²) in [5.74, 6) is -1.81. The molecule has 0 saturated carbocycles. The fraction of sp³-hybridized carbons (Fsp3) is 0.316. The third-order valence-electron chi connectivity index (χ3n) is 4.08. The third-order valence-corrected chi connectivity index (χ3v) is 5.14. The molecule has 0 unspecified atom stereocenters.